The Bertz CT molecular complexity index is 713. The van der Waals surface area contributed by atoms with Crippen molar-refractivity contribution >= 4 is 21.9 Å². The van der Waals surface area contributed by atoms with Gasteiger partial charge in [-0.2, -0.15) is 0 Å². The van der Waals surface area contributed by atoms with E-state index >= 15 is 0 Å². The molecule has 9 heteroatoms. The highest BCUT2D eigenvalue weighted by Crippen LogP contribution is 2.11. The first-order valence-electron chi connectivity index (χ1n) is 7.52. The third-order valence-corrected chi connectivity index (χ3v) is 4.62. The molecule has 0 aliphatic carbocycles. The number of rotatable bonds is 10. The predicted molar refractivity (Wildman–Crippen MR) is 91.8 cm³/mol. The number of hydrogen-bond donors (Lipinski definition) is 3. The van der Waals surface area contributed by atoms with Gasteiger partial charge in [0.15, 0.2) is 6.04 Å². The number of carbonyl (C=O) groups excluding carboxylic acids is 1. The van der Waals surface area contributed by atoms with Gasteiger partial charge in [0.2, 0.25) is 10.0 Å². The van der Waals surface area contributed by atoms with Crippen molar-refractivity contribution in [3.8, 4) is 0 Å². The van der Waals surface area contributed by atoms with Crippen molar-refractivity contribution in [1.82, 2.24) is 10.0 Å². The molecule has 0 bridgehead atoms. The van der Waals surface area contributed by atoms with Crippen molar-refractivity contribution in [1.29, 1.82) is 0 Å². The zero-order valence-electron chi connectivity index (χ0n) is 14.1. The van der Waals surface area contributed by atoms with Crippen molar-refractivity contribution in [3.05, 3.63) is 42.5 Å². The standard InChI is InChI=1S/C16H22N2O6S/c1-4-9-24-10-14(16(20)21)17-15(19)12-5-7-13(8-6-12)25(22,23)18-11(2)3/h4-8,11,14,18H,1,9-10H2,2-3H3,(H,17,19)(H,20,21). The molecule has 0 fully saturated rings. The van der Waals surface area contributed by atoms with Gasteiger partial charge in [0.05, 0.1) is 18.1 Å². The average molecular weight is 370 g/mol. The van der Waals surface area contributed by atoms with Gasteiger partial charge >= 0.3 is 5.97 Å². The molecule has 1 rings (SSSR count). The molecule has 1 unspecified atom stereocenters. The second-order valence-electron chi connectivity index (χ2n) is 5.49. The molecule has 0 radical (unpaired) electrons. The Morgan fingerprint density at radius 1 is 1.28 bits per heavy atom. The summed E-state index contributed by atoms with van der Waals surface area (Å²) < 4.78 is 31.5. The van der Waals surface area contributed by atoms with Crippen LogP contribution in [-0.2, 0) is 19.6 Å². The Morgan fingerprint density at radius 3 is 2.36 bits per heavy atom. The Hall–Kier alpha value is -2.23. The van der Waals surface area contributed by atoms with E-state index in [-0.39, 0.29) is 29.7 Å². The summed E-state index contributed by atoms with van der Waals surface area (Å²) in [5.41, 5.74) is 0.137. The molecular weight excluding hydrogens is 348 g/mol. The van der Waals surface area contributed by atoms with Crippen LogP contribution in [0.5, 0.6) is 0 Å². The molecule has 3 N–H and O–H groups in total. The molecule has 1 aromatic rings. The number of ether oxygens (including phenoxy) is 1. The Labute approximate surface area is 146 Å². The van der Waals surface area contributed by atoms with Gasteiger partial charge in [-0.3, -0.25) is 4.79 Å². The molecular formula is C16H22N2O6S. The third kappa shape index (κ3) is 6.65. The number of carboxylic acids is 1. The molecule has 138 valence electrons. The molecule has 0 spiro atoms. The monoisotopic (exact) mass is 370 g/mol. The van der Waals surface area contributed by atoms with E-state index in [1.165, 1.54) is 30.3 Å². The molecule has 0 aliphatic heterocycles. The first-order chi connectivity index (χ1) is 11.7. The van der Waals surface area contributed by atoms with Gasteiger partial charge in [-0.05, 0) is 38.1 Å². The minimum absolute atomic E-state index is 0.0156. The number of carbonyl (C=O) groups is 2. The number of amides is 1. The second-order valence-corrected chi connectivity index (χ2v) is 7.20. The van der Waals surface area contributed by atoms with Gasteiger partial charge in [0.1, 0.15) is 0 Å². The van der Waals surface area contributed by atoms with E-state index < -0.39 is 27.9 Å². The lowest BCUT2D eigenvalue weighted by atomic mass is 10.2. The molecule has 0 saturated carbocycles. The molecule has 1 atom stereocenters. The fraction of sp³-hybridized carbons (Fsp3) is 0.375. The van der Waals surface area contributed by atoms with Gasteiger partial charge in [-0.25, -0.2) is 17.9 Å². The SMILES string of the molecule is C=CCOCC(NC(=O)c1ccc(S(=O)(=O)NC(C)C)cc1)C(=O)O. The fourth-order valence-electron chi connectivity index (χ4n) is 1.85. The van der Waals surface area contributed by atoms with E-state index in [0.717, 1.165) is 0 Å². The van der Waals surface area contributed by atoms with Crippen LogP contribution in [0, 0.1) is 0 Å². The molecule has 0 saturated heterocycles. The molecule has 0 aromatic heterocycles. The lowest BCUT2D eigenvalue weighted by molar-refractivity contribution is -0.140. The first-order valence-corrected chi connectivity index (χ1v) is 9.00. The number of sulfonamides is 1. The maximum absolute atomic E-state index is 12.1. The quantitative estimate of drug-likeness (QED) is 0.413. The molecule has 1 aromatic carbocycles. The second kappa shape index (κ2) is 9.30. The van der Waals surface area contributed by atoms with Crippen LogP contribution in [0.3, 0.4) is 0 Å². The maximum Gasteiger partial charge on any atom is 0.328 e. The molecule has 1 amide bonds. The van der Waals surface area contributed by atoms with Crippen LogP contribution in [0.2, 0.25) is 0 Å². The molecule has 25 heavy (non-hydrogen) atoms. The van der Waals surface area contributed by atoms with Gasteiger partial charge in [0, 0.05) is 11.6 Å². The van der Waals surface area contributed by atoms with E-state index in [2.05, 4.69) is 16.6 Å². The van der Waals surface area contributed by atoms with Crippen LogP contribution < -0.4 is 10.0 Å². The van der Waals surface area contributed by atoms with Crippen molar-refractivity contribution < 1.29 is 27.9 Å². The fourth-order valence-corrected chi connectivity index (χ4v) is 3.10. The summed E-state index contributed by atoms with van der Waals surface area (Å²) in [7, 11) is -3.66. The van der Waals surface area contributed by atoms with Crippen LogP contribution >= 0.6 is 0 Å². The van der Waals surface area contributed by atoms with Crippen LogP contribution in [0.1, 0.15) is 24.2 Å². The summed E-state index contributed by atoms with van der Waals surface area (Å²) in [6.07, 6.45) is 1.46. The lowest BCUT2D eigenvalue weighted by Crippen LogP contribution is -2.44. The van der Waals surface area contributed by atoms with Crippen LogP contribution in [0.4, 0.5) is 0 Å². The Kier molecular flexibility index (Phi) is 7.75. The largest absolute Gasteiger partial charge is 0.480 e. The highest BCUT2D eigenvalue weighted by Gasteiger charge is 2.21. The summed E-state index contributed by atoms with van der Waals surface area (Å²) in [6.45, 7) is 6.78. The smallest absolute Gasteiger partial charge is 0.328 e. The summed E-state index contributed by atoms with van der Waals surface area (Å²) in [5.74, 6) is -1.88. The van der Waals surface area contributed by atoms with Crippen molar-refractivity contribution in [2.45, 2.75) is 30.8 Å². The van der Waals surface area contributed by atoms with Gasteiger partial charge in [-0.15, -0.1) is 6.58 Å². The summed E-state index contributed by atoms with van der Waals surface area (Å²) in [4.78, 5) is 23.3. The van der Waals surface area contributed by atoms with Crippen molar-refractivity contribution in [3.63, 3.8) is 0 Å². The number of nitrogens with one attached hydrogen (secondary N) is 2. The average Bonchev–Trinajstić information content (AvgIpc) is 2.52. The number of aliphatic carboxylic acids is 1. The third-order valence-electron chi connectivity index (χ3n) is 2.94. The number of carboxylic acid groups (broad SMARTS) is 1. The highest BCUT2D eigenvalue weighted by molar-refractivity contribution is 7.89. The van der Waals surface area contributed by atoms with E-state index in [0.29, 0.717) is 0 Å². The van der Waals surface area contributed by atoms with Crippen LogP contribution in [0.15, 0.2) is 41.8 Å². The Morgan fingerprint density at radius 2 is 1.88 bits per heavy atom. The van der Waals surface area contributed by atoms with E-state index in [1.54, 1.807) is 13.8 Å². The number of hydrogen-bond acceptors (Lipinski definition) is 5. The Balaban J connectivity index is 2.82. The van der Waals surface area contributed by atoms with Gasteiger partial charge in [0.25, 0.3) is 5.91 Å². The van der Waals surface area contributed by atoms with E-state index in [1.807, 2.05) is 0 Å². The molecule has 0 aliphatic rings. The minimum atomic E-state index is -3.66. The van der Waals surface area contributed by atoms with Crippen molar-refractivity contribution in [2.75, 3.05) is 13.2 Å². The van der Waals surface area contributed by atoms with Crippen molar-refractivity contribution in [2.24, 2.45) is 0 Å². The van der Waals surface area contributed by atoms with Crippen LogP contribution in [0.25, 0.3) is 0 Å². The zero-order chi connectivity index (χ0) is 19.0. The zero-order valence-corrected chi connectivity index (χ0v) is 14.9. The van der Waals surface area contributed by atoms with Gasteiger partial charge in [-0.1, -0.05) is 6.08 Å². The normalized spacial score (nSPS) is 12.6. The first kappa shape index (κ1) is 20.8. The van der Waals surface area contributed by atoms with E-state index in [4.69, 9.17) is 9.84 Å². The lowest BCUT2D eigenvalue weighted by Gasteiger charge is -2.14. The predicted octanol–water partition coefficient (Wildman–Crippen LogP) is 0.759. The summed E-state index contributed by atoms with van der Waals surface area (Å²) in [5, 5.41) is 11.4. The summed E-state index contributed by atoms with van der Waals surface area (Å²) in [6, 6.07) is 3.70. The molecule has 8 nitrogen and oxygen atoms in total. The van der Waals surface area contributed by atoms with Gasteiger partial charge < -0.3 is 15.2 Å². The summed E-state index contributed by atoms with van der Waals surface area (Å²) >= 11 is 0. The molecule has 0 heterocycles. The van der Waals surface area contributed by atoms with E-state index in [9.17, 15) is 18.0 Å². The highest BCUT2D eigenvalue weighted by atomic mass is 32.2. The maximum atomic E-state index is 12.1. The topological polar surface area (TPSA) is 122 Å². The minimum Gasteiger partial charge on any atom is -0.480 e. The number of benzene rings is 1. The van der Waals surface area contributed by atoms with Crippen LogP contribution in [-0.4, -0.2) is 50.7 Å².